The maximum Gasteiger partial charge on any atom is 0.194 e. The summed E-state index contributed by atoms with van der Waals surface area (Å²) in [5, 5.41) is 11.0. The minimum Gasteiger partial charge on any atom is -0.327 e. The molecule has 0 saturated carbocycles. The van der Waals surface area contributed by atoms with Crippen molar-refractivity contribution >= 4 is 39.4 Å². The van der Waals surface area contributed by atoms with Crippen molar-refractivity contribution in [1.29, 1.82) is 0 Å². The Morgan fingerprint density at radius 3 is 3.11 bits per heavy atom. The standard InChI is InChI=1S/C11H13N5S3/c1-2-7(12)5-8-9(19-11-15-13-6-18-11)14-10-16(8)3-4-17-10/h3-4,6-7H,2,5,12H2,1H3. The molecule has 0 aliphatic heterocycles. The lowest BCUT2D eigenvalue weighted by Crippen LogP contribution is -2.22. The summed E-state index contributed by atoms with van der Waals surface area (Å²) >= 11 is 4.73. The number of aromatic nitrogens is 4. The topological polar surface area (TPSA) is 69.1 Å². The lowest BCUT2D eigenvalue weighted by molar-refractivity contribution is 0.627. The molecule has 0 aliphatic rings. The third-order valence-electron chi connectivity index (χ3n) is 2.83. The van der Waals surface area contributed by atoms with Crippen molar-refractivity contribution in [3.63, 3.8) is 0 Å². The van der Waals surface area contributed by atoms with Gasteiger partial charge in [-0.05, 0) is 18.2 Å². The second-order valence-electron chi connectivity index (χ2n) is 4.10. The summed E-state index contributed by atoms with van der Waals surface area (Å²) in [5.74, 6) is 0. The normalized spacial score (nSPS) is 13.2. The molecular formula is C11H13N5S3. The number of fused-ring (bicyclic) bond motifs is 1. The molecule has 0 amide bonds. The molecule has 0 spiro atoms. The summed E-state index contributed by atoms with van der Waals surface area (Å²) in [7, 11) is 0. The van der Waals surface area contributed by atoms with E-state index in [0.717, 1.165) is 27.2 Å². The third-order valence-corrected chi connectivity index (χ3v) is 5.38. The van der Waals surface area contributed by atoms with Gasteiger partial charge in [0, 0.05) is 24.0 Å². The molecule has 2 N–H and O–H groups in total. The predicted octanol–water partition coefficient (Wildman–Crippen LogP) is 2.68. The highest BCUT2D eigenvalue weighted by molar-refractivity contribution is 8.01. The van der Waals surface area contributed by atoms with Gasteiger partial charge in [0.05, 0.1) is 5.69 Å². The van der Waals surface area contributed by atoms with Gasteiger partial charge < -0.3 is 5.73 Å². The van der Waals surface area contributed by atoms with Crippen molar-refractivity contribution in [3.8, 4) is 0 Å². The number of nitrogens with zero attached hydrogens (tertiary/aromatic N) is 4. The number of rotatable bonds is 5. The van der Waals surface area contributed by atoms with Crippen LogP contribution in [0.4, 0.5) is 0 Å². The van der Waals surface area contributed by atoms with Crippen LogP contribution in [0.25, 0.3) is 4.96 Å². The van der Waals surface area contributed by atoms with E-state index in [0.29, 0.717) is 0 Å². The van der Waals surface area contributed by atoms with Crippen molar-refractivity contribution in [1.82, 2.24) is 19.6 Å². The smallest absolute Gasteiger partial charge is 0.194 e. The number of imidazole rings is 1. The van der Waals surface area contributed by atoms with Crippen LogP contribution in [-0.4, -0.2) is 25.6 Å². The first-order valence-corrected chi connectivity index (χ1v) is 8.49. The molecule has 3 heterocycles. The van der Waals surface area contributed by atoms with E-state index in [1.165, 1.54) is 17.0 Å². The monoisotopic (exact) mass is 311 g/mol. The van der Waals surface area contributed by atoms with Crippen LogP contribution in [0.2, 0.25) is 0 Å². The molecule has 0 saturated heterocycles. The predicted molar refractivity (Wildman–Crippen MR) is 79.1 cm³/mol. The van der Waals surface area contributed by atoms with E-state index in [9.17, 15) is 0 Å². The summed E-state index contributed by atoms with van der Waals surface area (Å²) in [6, 6.07) is 0.161. The van der Waals surface area contributed by atoms with Crippen molar-refractivity contribution in [3.05, 3.63) is 22.8 Å². The highest BCUT2D eigenvalue weighted by atomic mass is 32.2. The highest BCUT2D eigenvalue weighted by Gasteiger charge is 2.17. The van der Waals surface area contributed by atoms with Gasteiger partial charge in [-0.1, -0.05) is 18.3 Å². The van der Waals surface area contributed by atoms with Crippen molar-refractivity contribution in [2.75, 3.05) is 0 Å². The number of nitrogens with two attached hydrogens (primary N) is 1. The van der Waals surface area contributed by atoms with Crippen LogP contribution < -0.4 is 5.73 Å². The van der Waals surface area contributed by atoms with Crippen LogP contribution in [0, 0.1) is 0 Å². The fourth-order valence-electron chi connectivity index (χ4n) is 1.76. The van der Waals surface area contributed by atoms with Gasteiger partial charge in [0.1, 0.15) is 10.5 Å². The van der Waals surface area contributed by atoms with E-state index in [4.69, 9.17) is 5.73 Å². The lowest BCUT2D eigenvalue weighted by Gasteiger charge is -2.08. The fraction of sp³-hybridized carbons (Fsp3) is 0.364. The summed E-state index contributed by atoms with van der Waals surface area (Å²) in [6.07, 6.45) is 3.84. The number of hydrogen-bond acceptors (Lipinski definition) is 7. The molecule has 8 heteroatoms. The highest BCUT2D eigenvalue weighted by Crippen LogP contribution is 2.33. The number of thiazole rings is 1. The molecule has 3 aromatic heterocycles. The maximum atomic E-state index is 6.09. The van der Waals surface area contributed by atoms with Crippen molar-refractivity contribution < 1.29 is 0 Å². The number of hydrogen-bond donors (Lipinski definition) is 1. The molecule has 19 heavy (non-hydrogen) atoms. The SMILES string of the molecule is CCC(N)Cc1c(Sc2nncs2)nc2sccn12. The van der Waals surface area contributed by atoms with E-state index in [-0.39, 0.29) is 6.04 Å². The Morgan fingerprint density at radius 1 is 1.47 bits per heavy atom. The Labute approximate surface area is 122 Å². The first-order valence-electron chi connectivity index (χ1n) is 5.92. The van der Waals surface area contributed by atoms with Crippen molar-refractivity contribution in [2.45, 2.75) is 35.2 Å². The molecule has 0 bridgehead atoms. The van der Waals surface area contributed by atoms with Gasteiger partial charge in [-0.15, -0.1) is 21.5 Å². The third kappa shape index (κ3) is 2.66. The molecule has 3 aromatic rings. The molecule has 1 atom stereocenters. The van der Waals surface area contributed by atoms with Crippen LogP contribution in [0.5, 0.6) is 0 Å². The molecule has 100 valence electrons. The van der Waals surface area contributed by atoms with Crippen LogP contribution in [0.15, 0.2) is 26.5 Å². The first-order chi connectivity index (χ1) is 9.28. The van der Waals surface area contributed by atoms with Crippen LogP contribution in [-0.2, 0) is 6.42 Å². The molecule has 3 rings (SSSR count). The van der Waals surface area contributed by atoms with Gasteiger partial charge in [-0.25, -0.2) is 4.98 Å². The summed E-state index contributed by atoms with van der Waals surface area (Å²) in [5.41, 5.74) is 9.00. The van der Waals surface area contributed by atoms with Gasteiger partial charge >= 0.3 is 0 Å². The average Bonchev–Trinajstić information content (AvgIpc) is 3.10. The van der Waals surface area contributed by atoms with Gasteiger partial charge in [0.2, 0.25) is 0 Å². The molecule has 0 aliphatic carbocycles. The second-order valence-corrected chi connectivity index (χ2v) is 7.04. The molecule has 0 radical (unpaired) electrons. The van der Waals surface area contributed by atoms with Gasteiger partial charge in [0.15, 0.2) is 9.30 Å². The van der Waals surface area contributed by atoms with E-state index in [1.807, 2.05) is 5.38 Å². The van der Waals surface area contributed by atoms with Crippen molar-refractivity contribution in [2.24, 2.45) is 5.73 Å². The van der Waals surface area contributed by atoms with Gasteiger partial charge in [0.25, 0.3) is 0 Å². The quantitative estimate of drug-likeness (QED) is 0.784. The second kappa shape index (κ2) is 5.58. The maximum absolute atomic E-state index is 6.09. The summed E-state index contributed by atoms with van der Waals surface area (Å²) in [6.45, 7) is 2.11. The fourth-order valence-corrected chi connectivity index (χ4v) is 4.08. The van der Waals surface area contributed by atoms with E-state index < -0.39 is 0 Å². The first kappa shape index (κ1) is 13.0. The van der Waals surface area contributed by atoms with Crippen LogP contribution in [0.1, 0.15) is 19.0 Å². The zero-order chi connectivity index (χ0) is 13.2. The average molecular weight is 311 g/mol. The minimum atomic E-state index is 0.161. The molecule has 1 unspecified atom stereocenters. The zero-order valence-electron chi connectivity index (χ0n) is 10.3. The Bertz CT molecular complexity index is 657. The largest absolute Gasteiger partial charge is 0.327 e. The van der Waals surface area contributed by atoms with E-state index in [1.54, 1.807) is 28.6 Å². The summed E-state index contributed by atoms with van der Waals surface area (Å²) < 4.78 is 3.04. The Kier molecular flexibility index (Phi) is 3.83. The molecule has 0 fully saturated rings. The minimum absolute atomic E-state index is 0.161. The van der Waals surface area contributed by atoms with Crippen LogP contribution >= 0.6 is 34.4 Å². The van der Waals surface area contributed by atoms with E-state index >= 15 is 0 Å². The Morgan fingerprint density at radius 2 is 2.37 bits per heavy atom. The Hall–Kier alpha value is -0.960. The van der Waals surface area contributed by atoms with E-state index in [2.05, 4.69) is 32.7 Å². The molecular weight excluding hydrogens is 298 g/mol. The lowest BCUT2D eigenvalue weighted by atomic mass is 10.1. The van der Waals surface area contributed by atoms with Gasteiger partial charge in [-0.2, -0.15) is 0 Å². The zero-order valence-corrected chi connectivity index (χ0v) is 12.8. The summed E-state index contributed by atoms with van der Waals surface area (Å²) in [4.78, 5) is 5.67. The molecule has 0 aromatic carbocycles. The van der Waals surface area contributed by atoms with Crippen LogP contribution in [0.3, 0.4) is 0 Å². The molecule has 5 nitrogen and oxygen atoms in total. The van der Waals surface area contributed by atoms with Gasteiger partial charge in [-0.3, -0.25) is 4.40 Å². The Balaban J connectivity index is 1.97.